The second kappa shape index (κ2) is 13.6. The summed E-state index contributed by atoms with van der Waals surface area (Å²) in [7, 11) is 3.07. The molecule has 260 valence electrons. The van der Waals surface area contributed by atoms with Gasteiger partial charge in [-0.15, -0.1) is 0 Å². The Morgan fingerprint density at radius 3 is 2.20 bits per heavy atom. The summed E-state index contributed by atoms with van der Waals surface area (Å²) in [6, 6.07) is 11.8. The Bertz CT molecular complexity index is 1700. The highest BCUT2D eigenvalue weighted by atomic mass is 35.5. The number of benzene rings is 2. The summed E-state index contributed by atoms with van der Waals surface area (Å²) in [6.45, 7) is 4.24. The first-order valence-electron chi connectivity index (χ1n) is 17.0. The molecule has 5 fully saturated rings. The normalized spacial score (nSPS) is 25.9. The fourth-order valence-corrected chi connectivity index (χ4v) is 9.08. The van der Waals surface area contributed by atoms with E-state index < -0.39 is 17.4 Å². The number of nitrogens with zero attached hydrogens (tertiary/aromatic N) is 3. The van der Waals surface area contributed by atoms with Gasteiger partial charge in [-0.2, -0.15) is 5.10 Å². The number of morpholine rings is 1. The maximum Gasteiger partial charge on any atom is 0.330 e. The van der Waals surface area contributed by atoms with Crippen molar-refractivity contribution in [3.05, 3.63) is 58.7 Å². The molecule has 2 heterocycles. The third-order valence-corrected chi connectivity index (χ3v) is 11.3. The third kappa shape index (κ3) is 6.15. The number of rotatable bonds is 11. The molecule has 0 unspecified atom stereocenters. The van der Waals surface area contributed by atoms with Gasteiger partial charge in [-0.25, -0.2) is 9.48 Å². The van der Waals surface area contributed by atoms with Gasteiger partial charge in [0.25, 0.3) is 11.8 Å². The first-order valence-corrected chi connectivity index (χ1v) is 17.3. The van der Waals surface area contributed by atoms with Gasteiger partial charge in [0.1, 0.15) is 17.0 Å². The van der Waals surface area contributed by atoms with E-state index in [2.05, 4.69) is 15.5 Å². The van der Waals surface area contributed by atoms with Crippen LogP contribution in [0.4, 0.5) is 0 Å². The molecule has 0 radical (unpaired) electrons. The van der Waals surface area contributed by atoms with Crippen LogP contribution in [0.25, 0.3) is 16.9 Å². The quantitative estimate of drug-likeness (QED) is 0.268. The summed E-state index contributed by atoms with van der Waals surface area (Å²) in [5.41, 5.74) is 0.448. The first-order chi connectivity index (χ1) is 23.7. The fraction of sp³-hybridized carbons (Fsp3) is 0.500. The lowest BCUT2D eigenvalue weighted by Gasteiger charge is -2.59. The van der Waals surface area contributed by atoms with Crippen molar-refractivity contribution < 1.29 is 33.7 Å². The number of methoxy groups -OCH3 is 2. The Labute approximate surface area is 290 Å². The summed E-state index contributed by atoms with van der Waals surface area (Å²) in [5.74, 6) is -0.0700. The molecule has 5 aliphatic rings. The number of carbonyl (C=O) groups excluding carboxylic acids is 2. The molecule has 8 rings (SSSR count). The molecule has 4 aliphatic carbocycles. The van der Waals surface area contributed by atoms with Gasteiger partial charge in [-0.1, -0.05) is 17.7 Å². The van der Waals surface area contributed by atoms with E-state index in [-0.39, 0.29) is 28.5 Å². The highest BCUT2D eigenvalue weighted by Crippen LogP contribution is 2.58. The smallest absolute Gasteiger partial charge is 0.330 e. The number of aromatic nitrogens is 2. The number of amides is 2. The molecule has 4 saturated carbocycles. The number of carbonyl (C=O) groups is 3. The van der Waals surface area contributed by atoms with Crippen LogP contribution in [-0.4, -0.2) is 96.7 Å². The Morgan fingerprint density at radius 2 is 1.61 bits per heavy atom. The van der Waals surface area contributed by atoms with E-state index in [9.17, 15) is 19.5 Å². The minimum atomic E-state index is -1.34. The van der Waals surface area contributed by atoms with E-state index >= 15 is 0 Å². The van der Waals surface area contributed by atoms with Crippen LogP contribution >= 0.6 is 11.6 Å². The molecule has 49 heavy (non-hydrogen) atoms. The number of carboxylic acids is 1. The van der Waals surface area contributed by atoms with E-state index in [0.717, 1.165) is 51.7 Å². The molecule has 0 spiro atoms. The minimum absolute atomic E-state index is 0.0263. The number of hydrogen-bond donors (Lipinski definition) is 3. The van der Waals surface area contributed by atoms with E-state index in [0.29, 0.717) is 65.6 Å². The molecule has 0 atom stereocenters. The van der Waals surface area contributed by atoms with Gasteiger partial charge in [-0.05, 0) is 92.2 Å². The third-order valence-electron chi connectivity index (χ3n) is 11.0. The SMILES string of the molecule is COc1cccc(OC)c1-c1cc(C(=O)NC2(C(=O)O)C3CC4CC(C3)CC2C4)nn1-c1ccc(C(=O)NCCN2CCOCC2)cc1Cl. The fourth-order valence-electron chi connectivity index (χ4n) is 8.82. The highest BCUT2D eigenvalue weighted by molar-refractivity contribution is 6.32. The molecule has 3 aromatic rings. The van der Waals surface area contributed by atoms with Crippen LogP contribution in [0, 0.1) is 23.7 Å². The predicted molar refractivity (Wildman–Crippen MR) is 182 cm³/mol. The second-order valence-corrected chi connectivity index (χ2v) is 14.1. The molecule has 1 aliphatic heterocycles. The van der Waals surface area contributed by atoms with Crippen molar-refractivity contribution in [2.75, 3.05) is 53.6 Å². The van der Waals surface area contributed by atoms with Crippen LogP contribution in [0.1, 0.15) is 53.0 Å². The average molecular weight is 692 g/mol. The van der Waals surface area contributed by atoms with E-state index in [4.69, 9.17) is 30.9 Å². The maximum absolute atomic E-state index is 14.1. The lowest BCUT2D eigenvalue weighted by Crippen LogP contribution is -2.70. The van der Waals surface area contributed by atoms with E-state index in [1.165, 1.54) is 18.9 Å². The summed E-state index contributed by atoms with van der Waals surface area (Å²) >= 11 is 6.86. The van der Waals surface area contributed by atoms with Gasteiger partial charge in [0, 0.05) is 31.7 Å². The van der Waals surface area contributed by atoms with Crippen molar-refractivity contribution in [1.29, 1.82) is 0 Å². The summed E-state index contributed by atoms with van der Waals surface area (Å²) in [6.07, 6.45) is 4.38. The van der Waals surface area contributed by atoms with Crippen LogP contribution in [0.3, 0.4) is 0 Å². The number of aliphatic carboxylic acids is 1. The van der Waals surface area contributed by atoms with Crippen molar-refractivity contribution in [1.82, 2.24) is 25.3 Å². The lowest BCUT2D eigenvalue weighted by atomic mass is 9.48. The standard InChI is InChI=1S/C36H42ClN5O7/c1-47-30-4-3-5-31(48-2)32(30)29-20-27(34(44)39-36(35(45)46)24-15-21-14-22(17-24)18-25(36)16-21)40-42(29)28-7-6-23(19-26(28)37)33(43)38-8-9-41-10-12-49-13-11-41/h3-7,19-22,24-25H,8-18H2,1-2H3,(H,38,43)(H,39,44)(H,45,46). The molecule has 2 aromatic carbocycles. The van der Waals surface area contributed by atoms with Gasteiger partial charge in [0.05, 0.1) is 49.4 Å². The van der Waals surface area contributed by atoms with Gasteiger partial charge in [0.15, 0.2) is 5.69 Å². The van der Waals surface area contributed by atoms with Crippen LogP contribution in [0.2, 0.25) is 5.02 Å². The van der Waals surface area contributed by atoms with E-state index in [1.54, 1.807) is 42.5 Å². The average Bonchev–Trinajstić information content (AvgIpc) is 3.54. The maximum atomic E-state index is 14.1. The number of nitrogens with one attached hydrogen (secondary N) is 2. The molecular weight excluding hydrogens is 650 g/mol. The van der Waals surface area contributed by atoms with Gasteiger partial charge < -0.3 is 30.0 Å². The largest absolute Gasteiger partial charge is 0.496 e. The van der Waals surface area contributed by atoms with Crippen LogP contribution in [0.15, 0.2) is 42.5 Å². The van der Waals surface area contributed by atoms with Crippen molar-refractivity contribution in [2.24, 2.45) is 23.7 Å². The Hall–Kier alpha value is -4.13. The molecule has 4 bridgehead atoms. The summed E-state index contributed by atoms with van der Waals surface area (Å²) in [5, 5.41) is 21.5. The van der Waals surface area contributed by atoms with Crippen molar-refractivity contribution in [2.45, 2.75) is 37.6 Å². The van der Waals surface area contributed by atoms with Gasteiger partial charge in [-0.3, -0.25) is 14.5 Å². The van der Waals surface area contributed by atoms with E-state index in [1.807, 2.05) is 0 Å². The number of halogens is 1. The highest BCUT2D eigenvalue weighted by Gasteiger charge is 2.62. The zero-order chi connectivity index (χ0) is 34.3. The molecule has 1 saturated heterocycles. The lowest BCUT2D eigenvalue weighted by molar-refractivity contribution is -0.163. The van der Waals surface area contributed by atoms with Crippen LogP contribution in [-0.2, 0) is 9.53 Å². The first kappa shape index (κ1) is 33.4. The Morgan fingerprint density at radius 1 is 0.959 bits per heavy atom. The summed E-state index contributed by atoms with van der Waals surface area (Å²) < 4.78 is 18.3. The molecule has 2 amide bonds. The zero-order valence-electron chi connectivity index (χ0n) is 27.7. The Kier molecular flexibility index (Phi) is 9.29. The van der Waals surface area contributed by atoms with Crippen molar-refractivity contribution in [3.8, 4) is 28.4 Å². The minimum Gasteiger partial charge on any atom is -0.496 e. The topological polar surface area (TPSA) is 144 Å². The zero-order valence-corrected chi connectivity index (χ0v) is 28.5. The summed E-state index contributed by atoms with van der Waals surface area (Å²) in [4.78, 5) is 42.4. The van der Waals surface area contributed by atoms with Crippen LogP contribution < -0.4 is 20.1 Å². The molecule has 1 aromatic heterocycles. The molecule has 13 heteroatoms. The Balaban J connectivity index is 1.21. The van der Waals surface area contributed by atoms with Gasteiger partial charge in [0.2, 0.25) is 0 Å². The molecule has 3 N–H and O–H groups in total. The molecular formula is C36H42ClN5O7. The molecule has 12 nitrogen and oxygen atoms in total. The predicted octanol–water partition coefficient (Wildman–Crippen LogP) is 4.28. The van der Waals surface area contributed by atoms with Crippen LogP contribution in [0.5, 0.6) is 11.5 Å². The van der Waals surface area contributed by atoms with Crippen molar-refractivity contribution in [3.63, 3.8) is 0 Å². The monoisotopic (exact) mass is 691 g/mol. The van der Waals surface area contributed by atoms with Gasteiger partial charge >= 0.3 is 5.97 Å². The number of hydrogen-bond acceptors (Lipinski definition) is 8. The second-order valence-electron chi connectivity index (χ2n) is 13.7. The number of carboxylic acid groups (broad SMARTS) is 1. The van der Waals surface area contributed by atoms with Crippen molar-refractivity contribution >= 4 is 29.4 Å². The number of ether oxygens (including phenoxy) is 3.